The monoisotopic (exact) mass is 223 g/mol. The van der Waals surface area contributed by atoms with Crippen molar-refractivity contribution in [3.05, 3.63) is 29.8 Å². The van der Waals surface area contributed by atoms with Gasteiger partial charge in [-0.2, -0.15) is 0 Å². The van der Waals surface area contributed by atoms with Gasteiger partial charge in [-0.15, -0.1) is 12.6 Å². The van der Waals surface area contributed by atoms with Crippen LogP contribution in [0.15, 0.2) is 29.2 Å². The van der Waals surface area contributed by atoms with Crippen LogP contribution >= 0.6 is 12.6 Å². The molecule has 1 rings (SSSR count). The van der Waals surface area contributed by atoms with E-state index in [4.69, 9.17) is 0 Å². The van der Waals surface area contributed by atoms with Gasteiger partial charge in [0.15, 0.2) is 0 Å². The minimum absolute atomic E-state index is 0.0928. The lowest BCUT2D eigenvalue weighted by molar-refractivity contribution is 0.0764. The largest absolute Gasteiger partial charge is 0.339 e. The van der Waals surface area contributed by atoms with Crippen molar-refractivity contribution in [3.63, 3.8) is 0 Å². The van der Waals surface area contributed by atoms with Crippen LogP contribution in [0.5, 0.6) is 0 Å². The van der Waals surface area contributed by atoms with Crippen molar-refractivity contribution < 1.29 is 4.79 Å². The molecule has 15 heavy (non-hydrogen) atoms. The Kier molecular flexibility index (Phi) is 4.69. The van der Waals surface area contributed by atoms with E-state index in [1.54, 1.807) is 0 Å². The maximum atomic E-state index is 12.0. The van der Waals surface area contributed by atoms with Crippen LogP contribution in [0.1, 0.15) is 30.6 Å². The predicted octanol–water partition coefficient (Wildman–Crippen LogP) is 2.85. The number of carbonyl (C=O) groups is 1. The molecule has 0 aliphatic carbocycles. The highest BCUT2D eigenvalue weighted by Gasteiger charge is 2.12. The number of carbonyl (C=O) groups excluding carboxylic acids is 1. The second-order valence-electron chi connectivity index (χ2n) is 3.44. The maximum Gasteiger partial charge on any atom is 0.253 e. The molecule has 3 heteroatoms. The number of thiol groups is 1. The first-order valence-corrected chi connectivity index (χ1v) is 5.72. The zero-order chi connectivity index (χ0) is 11.3. The van der Waals surface area contributed by atoms with E-state index in [-0.39, 0.29) is 5.91 Å². The fraction of sp³-hybridized carbons (Fsp3) is 0.417. The Balaban J connectivity index is 2.82. The Bertz CT molecular complexity index is 338. The molecule has 0 atom stereocenters. The van der Waals surface area contributed by atoms with Crippen LogP contribution in [0.25, 0.3) is 0 Å². The summed E-state index contributed by atoms with van der Waals surface area (Å²) in [6.07, 6.45) is 0.986. The van der Waals surface area contributed by atoms with E-state index in [0.29, 0.717) is 0 Å². The van der Waals surface area contributed by atoms with Gasteiger partial charge in [0.25, 0.3) is 5.91 Å². The molecular formula is C12H17NOS. The molecule has 1 amide bonds. The average molecular weight is 223 g/mol. The van der Waals surface area contributed by atoms with Crippen LogP contribution in [0, 0.1) is 0 Å². The SMILES string of the molecule is CCCN(CC)C(=O)c1cccc(S)c1. The Hall–Kier alpha value is -0.960. The lowest BCUT2D eigenvalue weighted by Crippen LogP contribution is -2.31. The summed E-state index contributed by atoms with van der Waals surface area (Å²) in [6.45, 7) is 5.64. The number of amides is 1. The van der Waals surface area contributed by atoms with Crippen molar-refractivity contribution in [2.24, 2.45) is 0 Å². The van der Waals surface area contributed by atoms with E-state index in [1.807, 2.05) is 36.1 Å². The molecule has 0 aliphatic rings. The highest BCUT2D eigenvalue weighted by Crippen LogP contribution is 2.11. The molecule has 0 unspecified atom stereocenters. The molecular weight excluding hydrogens is 206 g/mol. The smallest absolute Gasteiger partial charge is 0.253 e. The van der Waals surface area contributed by atoms with Crippen molar-refractivity contribution >= 4 is 18.5 Å². The van der Waals surface area contributed by atoms with Gasteiger partial charge in [0, 0.05) is 23.5 Å². The molecule has 82 valence electrons. The molecule has 0 saturated carbocycles. The summed E-state index contributed by atoms with van der Waals surface area (Å²) in [4.78, 5) is 14.7. The predicted molar refractivity (Wildman–Crippen MR) is 65.6 cm³/mol. The van der Waals surface area contributed by atoms with Crippen LogP contribution in [0.4, 0.5) is 0 Å². The molecule has 0 aromatic heterocycles. The molecule has 1 aromatic rings. The molecule has 2 nitrogen and oxygen atoms in total. The standard InChI is InChI=1S/C12H17NOS/c1-3-8-13(4-2)12(14)10-6-5-7-11(15)9-10/h5-7,9,15H,3-4,8H2,1-2H3. The van der Waals surface area contributed by atoms with Gasteiger partial charge in [-0.3, -0.25) is 4.79 Å². The summed E-state index contributed by atoms with van der Waals surface area (Å²) in [5.74, 6) is 0.0928. The zero-order valence-electron chi connectivity index (χ0n) is 9.23. The first-order chi connectivity index (χ1) is 7.19. The summed E-state index contributed by atoms with van der Waals surface area (Å²) in [5, 5.41) is 0. The summed E-state index contributed by atoms with van der Waals surface area (Å²) < 4.78 is 0. The van der Waals surface area contributed by atoms with Gasteiger partial charge < -0.3 is 4.90 Å². The topological polar surface area (TPSA) is 20.3 Å². The molecule has 0 saturated heterocycles. The van der Waals surface area contributed by atoms with Gasteiger partial charge in [0.1, 0.15) is 0 Å². The summed E-state index contributed by atoms with van der Waals surface area (Å²) in [6, 6.07) is 7.37. The van der Waals surface area contributed by atoms with Crippen LogP contribution in [-0.4, -0.2) is 23.9 Å². The molecule has 0 fully saturated rings. The minimum Gasteiger partial charge on any atom is -0.339 e. The van der Waals surface area contributed by atoms with E-state index in [1.165, 1.54) is 0 Å². The van der Waals surface area contributed by atoms with E-state index in [2.05, 4.69) is 19.6 Å². The van der Waals surface area contributed by atoms with Crippen molar-refractivity contribution in [2.75, 3.05) is 13.1 Å². The Morgan fingerprint density at radius 1 is 1.40 bits per heavy atom. The number of rotatable bonds is 4. The summed E-state index contributed by atoms with van der Waals surface area (Å²) in [7, 11) is 0. The average Bonchev–Trinajstić information content (AvgIpc) is 2.25. The Labute approximate surface area is 96.7 Å². The first kappa shape index (κ1) is 12.1. The quantitative estimate of drug-likeness (QED) is 0.778. The second-order valence-corrected chi connectivity index (χ2v) is 3.95. The molecule has 0 N–H and O–H groups in total. The van der Waals surface area contributed by atoms with Crippen molar-refractivity contribution in [1.82, 2.24) is 4.90 Å². The van der Waals surface area contributed by atoms with E-state index in [9.17, 15) is 4.79 Å². The first-order valence-electron chi connectivity index (χ1n) is 5.27. The van der Waals surface area contributed by atoms with Crippen LogP contribution in [0.2, 0.25) is 0 Å². The molecule has 0 bridgehead atoms. The van der Waals surface area contributed by atoms with Gasteiger partial charge in [-0.1, -0.05) is 13.0 Å². The van der Waals surface area contributed by atoms with Gasteiger partial charge in [-0.05, 0) is 31.5 Å². The normalized spacial score (nSPS) is 10.1. The van der Waals surface area contributed by atoms with Crippen LogP contribution in [-0.2, 0) is 0 Å². The highest BCUT2D eigenvalue weighted by atomic mass is 32.1. The van der Waals surface area contributed by atoms with E-state index >= 15 is 0 Å². The lowest BCUT2D eigenvalue weighted by atomic mass is 10.2. The van der Waals surface area contributed by atoms with Gasteiger partial charge in [-0.25, -0.2) is 0 Å². The summed E-state index contributed by atoms with van der Waals surface area (Å²) >= 11 is 4.23. The molecule has 1 aromatic carbocycles. The van der Waals surface area contributed by atoms with Crippen LogP contribution in [0.3, 0.4) is 0 Å². The molecule has 0 spiro atoms. The Morgan fingerprint density at radius 2 is 2.13 bits per heavy atom. The second kappa shape index (κ2) is 5.81. The summed E-state index contributed by atoms with van der Waals surface area (Å²) in [5.41, 5.74) is 0.720. The third-order valence-corrected chi connectivity index (χ3v) is 2.53. The molecule has 0 radical (unpaired) electrons. The van der Waals surface area contributed by atoms with Gasteiger partial charge >= 0.3 is 0 Å². The van der Waals surface area contributed by atoms with Gasteiger partial charge in [0.05, 0.1) is 0 Å². The van der Waals surface area contributed by atoms with Gasteiger partial charge in [0.2, 0.25) is 0 Å². The minimum atomic E-state index is 0.0928. The maximum absolute atomic E-state index is 12.0. The van der Waals surface area contributed by atoms with Crippen molar-refractivity contribution in [3.8, 4) is 0 Å². The van der Waals surface area contributed by atoms with Crippen LogP contribution < -0.4 is 0 Å². The Morgan fingerprint density at radius 3 is 2.67 bits per heavy atom. The number of hydrogen-bond acceptors (Lipinski definition) is 2. The van der Waals surface area contributed by atoms with E-state index < -0.39 is 0 Å². The highest BCUT2D eigenvalue weighted by molar-refractivity contribution is 7.80. The number of hydrogen-bond donors (Lipinski definition) is 1. The van der Waals surface area contributed by atoms with Crippen molar-refractivity contribution in [2.45, 2.75) is 25.2 Å². The van der Waals surface area contributed by atoms with E-state index in [0.717, 1.165) is 30.0 Å². The number of benzene rings is 1. The third kappa shape index (κ3) is 3.27. The number of nitrogens with zero attached hydrogens (tertiary/aromatic N) is 1. The fourth-order valence-corrected chi connectivity index (χ4v) is 1.72. The fourth-order valence-electron chi connectivity index (χ4n) is 1.49. The third-order valence-electron chi connectivity index (χ3n) is 2.26. The van der Waals surface area contributed by atoms with Crippen molar-refractivity contribution in [1.29, 1.82) is 0 Å². The molecule has 0 heterocycles. The molecule has 0 aliphatic heterocycles. The zero-order valence-corrected chi connectivity index (χ0v) is 10.1. The lowest BCUT2D eigenvalue weighted by Gasteiger charge is -2.20.